The van der Waals surface area contributed by atoms with Crippen molar-refractivity contribution in [1.29, 1.82) is 0 Å². The highest BCUT2D eigenvalue weighted by molar-refractivity contribution is 9.10. The molecular weight excluding hydrogens is 447 g/mol. The lowest BCUT2D eigenvalue weighted by molar-refractivity contribution is -0.274. The zero-order valence-electron chi connectivity index (χ0n) is 15.5. The summed E-state index contributed by atoms with van der Waals surface area (Å²) < 4.78 is 44.3. The van der Waals surface area contributed by atoms with Crippen LogP contribution in [-0.2, 0) is 6.42 Å². The smallest absolute Gasteiger partial charge is 0.406 e. The third-order valence-corrected chi connectivity index (χ3v) is 5.48. The topological polar surface area (TPSA) is 31.2 Å². The second-order valence-electron chi connectivity index (χ2n) is 7.21. The quantitative estimate of drug-likeness (QED) is 0.439. The van der Waals surface area contributed by atoms with E-state index in [1.54, 1.807) is 12.1 Å². The largest absolute Gasteiger partial charge is 0.573 e. The minimum Gasteiger partial charge on any atom is -0.406 e. The molecule has 0 saturated carbocycles. The number of carbonyl (C=O) groups excluding carboxylic acids is 1. The van der Waals surface area contributed by atoms with Gasteiger partial charge in [0.05, 0.1) is 5.69 Å². The summed E-state index contributed by atoms with van der Waals surface area (Å²) in [5.41, 5.74) is 3.99. The molecule has 3 nitrogen and oxygen atoms in total. The highest BCUT2D eigenvalue weighted by atomic mass is 79.9. The van der Waals surface area contributed by atoms with E-state index in [1.807, 2.05) is 41.8 Å². The molecule has 2 aromatic carbocycles. The van der Waals surface area contributed by atoms with E-state index in [0.717, 1.165) is 27.8 Å². The molecule has 150 valence electrons. The molecule has 1 aromatic heterocycles. The number of ketones is 1. The molecule has 0 spiro atoms. The van der Waals surface area contributed by atoms with Gasteiger partial charge in [-0.15, -0.1) is 13.2 Å². The van der Waals surface area contributed by atoms with Gasteiger partial charge >= 0.3 is 6.36 Å². The molecule has 0 amide bonds. The number of benzene rings is 2. The maximum Gasteiger partial charge on any atom is 0.573 e. The average molecular weight is 464 g/mol. The minimum atomic E-state index is -4.74. The summed E-state index contributed by atoms with van der Waals surface area (Å²) in [6.07, 6.45) is -3.52. The molecule has 0 fully saturated rings. The highest BCUT2D eigenvalue weighted by Crippen LogP contribution is 2.36. The van der Waals surface area contributed by atoms with Crippen LogP contribution in [-0.4, -0.2) is 16.7 Å². The van der Waals surface area contributed by atoms with Gasteiger partial charge in [0.2, 0.25) is 0 Å². The fourth-order valence-electron chi connectivity index (χ4n) is 3.75. The lowest BCUT2D eigenvalue weighted by Crippen LogP contribution is -2.19. The van der Waals surface area contributed by atoms with Gasteiger partial charge in [-0.05, 0) is 60.4 Å². The molecular formula is C22H17BrF3NO2. The van der Waals surface area contributed by atoms with Gasteiger partial charge in [0.15, 0.2) is 5.78 Å². The van der Waals surface area contributed by atoms with Crippen LogP contribution in [0.1, 0.15) is 29.4 Å². The van der Waals surface area contributed by atoms with Crippen molar-refractivity contribution >= 4 is 21.7 Å². The van der Waals surface area contributed by atoms with Crippen molar-refractivity contribution in [2.24, 2.45) is 5.92 Å². The summed E-state index contributed by atoms with van der Waals surface area (Å²) >= 11 is 3.42. The first-order chi connectivity index (χ1) is 13.7. The number of alkyl halides is 3. The number of hydrogen-bond acceptors (Lipinski definition) is 2. The monoisotopic (exact) mass is 463 g/mol. The van der Waals surface area contributed by atoms with E-state index in [-0.39, 0.29) is 17.5 Å². The molecule has 1 heterocycles. The Hall–Kier alpha value is -2.54. The van der Waals surface area contributed by atoms with Crippen molar-refractivity contribution in [3.05, 3.63) is 70.3 Å². The van der Waals surface area contributed by atoms with Gasteiger partial charge in [-0.3, -0.25) is 4.79 Å². The Morgan fingerprint density at radius 2 is 1.69 bits per heavy atom. The van der Waals surface area contributed by atoms with Crippen molar-refractivity contribution in [2.75, 3.05) is 0 Å². The molecule has 0 aliphatic heterocycles. The maximum atomic E-state index is 12.6. The molecule has 4 rings (SSSR count). The summed E-state index contributed by atoms with van der Waals surface area (Å²) in [6.45, 7) is 2.03. The maximum absolute atomic E-state index is 12.6. The van der Waals surface area contributed by atoms with Gasteiger partial charge in [0.1, 0.15) is 5.75 Å². The molecule has 7 heteroatoms. The van der Waals surface area contributed by atoms with Crippen LogP contribution >= 0.6 is 15.9 Å². The third kappa shape index (κ3) is 4.10. The van der Waals surface area contributed by atoms with Crippen LogP contribution in [0.3, 0.4) is 0 Å². The Labute approximate surface area is 174 Å². The van der Waals surface area contributed by atoms with E-state index in [0.29, 0.717) is 17.7 Å². The minimum absolute atomic E-state index is 0.0906. The zero-order valence-corrected chi connectivity index (χ0v) is 17.0. The standard InChI is InChI=1S/C22H17BrF3NO2/c1-13-10-20-18(21(28)11-13)12-19(14-2-4-15(23)5-3-14)27(20)16-6-8-17(9-7-16)29-22(24,25)26/h2-9,12-13H,10-11H2,1H3/t13-/m0/s1. The van der Waals surface area contributed by atoms with Crippen LogP contribution in [0.15, 0.2) is 59.1 Å². The van der Waals surface area contributed by atoms with Crippen LogP contribution in [0, 0.1) is 5.92 Å². The summed E-state index contributed by atoms with van der Waals surface area (Å²) in [7, 11) is 0. The van der Waals surface area contributed by atoms with E-state index in [1.165, 1.54) is 12.1 Å². The first-order valence-electron chi connectivity index (χ1n) is 9.11. The molecule has 0 radical (unpaired) electrons. The fourth-order valence-corrected chi connectivity index (χ4v) is 4.01. The molecule has 3 aromatic rings. The van der Waals surface area contributed by atoms with Gasteiger partial charge in [0.25, 0.3) is 0 Å². The Balaban J connectivity index is 1.85. The van der Waals surface area contributed by atoms with E-state index >= 15 is 0 Å². The van der Waals surface area contributed by atoms with Crippen molar-refractivity contribution in [2.45, 2.75) is 26.1 Å². The molecule has 0 bridgehead atoms. The second kappa shape index (κ2) is 7.37. The van der Waals surface area contributed by atoms with Crippen LogP contribution in [0.25, 0.3) is 16.9 Å². The summed E-state index contributed by atoms with van der Waals surface area (Å²) in [5, 5.41) is 0. The number of fused-ring (bicyclic) bond motifs is 1. The number of rotatable bonds is 3. The summed E-state index contributed by atoms with van der Waals surface area (Å²) in [5.74, 6) is 0.0130. The number of nitrogens with zero attached hydrogens (tertiary/aromatic N) is 1. The van der Waals surface area contributed by atoms with E-state index in [4.69, 9.17) is 0 Å². The van der Waals surface area contributed by atoms with E-state index in [9.17, 15) is 18.0 Å². The average Bonchev–Trinajstić information content (AvgIpc) is 3.01. The highest BCUT2D eigenvalue weighted by Gasteiger charge is 2.31. The summed E-state index contributed by atoms with van der Waals surface area (Å²) in [6, 6.07) is 15.3. The lowest BCUT2D eigenvalue weighted by Gasteiger charge is -2.21. The van der Waals surface area contributed by atoms with Gasteiger partial charge in [-0.2, -0.15) is 0 Å². The predicted molar refractivity (Wildman–Crippen MR) is 107 cm³/mol. The van der Waals surface area contributed by atoms with Gasteiger partial charge in [-0.1, -0.05) is 35.0 Å². The molecule has 0 N–H and O–H groups in total. The van der Waals surface area contributed by atoms with Crippen LogP contribution < -0.4 is 4.74 Å². The Kier molecular flexibility index (Phi) is 5.02. The molecule has 29 heavy (non-hydrogen) atoms. The Morgan fingerprint density at radius 3 is 2.31 bits per heavy atom. The number of ether oxygens (including phenoxy) is 1. The van der Waals surface area contributed by atoms with Gasteiger partial charge < -0.3 is 9.30 Å². The normalized spacial score (nSPS) is 16.6. The number of hydrogen-bond donors (Lipinski definition) is 0. The van der Waals surface area contributed by atoms with Crippen molar-refractivity contribution in [3.63, 3.8) is 0 Å². The molecule has 0 unspecified atom stereocenters. The Bertz CT molecular complexity index is 1050. The first-order valence-corrected chi connectivity index (χ1v) is 9.90. The SMILES string of the molecule is C[C@@H]1CC(=O)c2cc(-c3ccc(Br)cc3)n(-c3ccc(OC(F)(F)F)cc3)c2C1. The first kappa shape index (κ1) is 19.8. The van der Waals surface area contributed by atoms with Crippen molar-refractivity contribution in [3.8, 4) is 22.7 Å². The van der Waals surface area contributed by atoms with Crippen LogP contribution in [0.5, 0.6) is 5.75 Å². The number of carbonyl (C=O) groups is 1. The molecule has 0 saturated heterocycles. The van der Waals surface area contributed by atoms with E-state index < -0.39 is 6.36 Å². The number of Topliss-reactive ketones (excluding diaryl/α,β-unsaturated/α-hetero) is 1. The third-order valence-electron chi connectivity index (χ3n) is 4.95. The molecule has 1 atom stereocenters. The molecule has 1 aliphatic carbocycles. The lowest BCUT2D eigenvalue weighted by atomic mass is 9.88. The van der Waals surface area contributed by atoms with Crippen LogP contribution in [0.4, 0.5) is 13.2 Å². The number of aromatic nitrogens is 1. The fraction of sp³-hybridized carbons (Fsp3) is 0.227. The van der Waals surface area contributed by atoms with Gasteiger partial charge in [-0.25, -0.2) is 0 Å². The Morgan fingerprint density at radius 1 is 1.03 bits per heavy atom. The van der Waals surface area contributed by atoms with Gasteiger partial charge in [0, 0.05) is 27.8 Å². The van der Waals surface area contributed by atoms with Crippen molar-refractivity contribution in [1.82, 2.24) is 4.57 Å². The van der Waals surface area contributed by atoms with E-state index in [2.05, 4.69) is 20.7 Å². The summed E-state index contributed by atoms with van der Waals surface area (Å²) in [4.78, 5) is 12.6. The zero-order chi connectivity index (χ0) is 20.8. The molecule has 1 aliphatic rings. The predicted octanol–water partition coefficient (Wildman–Crippen LogP) is 6.57. The number of halogens is 4. The van der Waals surface area contributed by atoms with Crippen molar-refractivity contribution < 1.29 is 22.7 Å². The van der Waals surface area contributed by atoms with Crippen LogP contribution in [0.2, 0.25) is 0 Å². The second-order valence-corrected chi connectivity index (χ2v) is 8.13.